The number of nitrogens with zero attached hydrogens (tertiary/aromatic N) is 4. The van der Waals surface area contributed by atoms with Gasteiger partial charge < -0.3 is 14.4 Å². The zero-order chi connectivity index (χ0) is 14.1. The Kier molecular flexibility index (Phi) is 6.51. The Balaban J connectivity index is 2.51. The van der Waals surface area contributed by atoms with Crippen molar-refractivity contribution in [2.45, 2.75) is 13.0 Å². The molecule has 0 aliphatic carbocycles. The first-order valence-corrected chi connectivity index (χ1v) is 5.85. The van der Waals surface area contributed by atoms with Crippen LogP contribution in [0.3, 0.4) is 0 Å². The Morgan fingerprint density at radius 1 is 1.32 bits per heavy atom. The van der Waals surface area contributed by atoms with E-state index in [1.807, 2.05) is 0 Å². The molecule has 0 radical (unpaired) electrons. The van der Waals surface area contributed by atoms with Gasteiger partial charge in [0.25, 0.3) is 0 Å². The van der Waals surface area contributed by atoms with E-state index in [4.69, 9.17) is 4.74 Å². The first-order chi connectivity index (χ1) is 9.17. The SMILES string of the molecule is COCCN(CCC(=O)OC)C(=O)Cn1ccnn1. The van der Waals surface area contributed by atoms with Crippen molar-refractivity contribution in [3.05, 3.63) is 12.4 Å². The summed E-state index contributed by atoms with van der Waals surface area (Å²) in [6.45, 7) is 1.21. The highest BCUT2D eigenvalue weighted by atomic mass is 16.5. The molecule has 1 heterocycles. The first kappa shape index (κ1) is 15.1. The lowest BCUT2D eigenvalue weighted by Gasteiger charge is -2.21. The van der Waals surface area contributed by atoms with E-state index in [-0.39, 0.29) is 24.8 Å². The van der Waals surface area contributed by atoms with Gasteiger partial charge in [0, 0.05) is 26.4 Å². The van der Waals surface area contributed by atoms with Gasteiger partial charge in [-0.15, -0.1) is 5.10 Å². The number of hydrogen-bond donors (Lipinski definition) is 0. The van der Waals surface area contributed by atoms with E-state index in [0.29, 0.717) is 19.7 Å². The lowest BCUT2D eigenvalue weighted by atomic mass is 10.3. The number of rotatable bonds is 8. The molecule has 0 saturated carbocycles. The second kappa shape index (κ2) is 8.20. The van der Waals surface area contributed by atoms with Crippen LogP contribution in [0.25, 0.3) is 0 Å². The molecule has 0 bridgehead atoms. The van der Waals surface area contributed by atoms with Crippen molar-refractivity contribution in [2.75, 3.05) is 33.9 Å². The summed E-state index contributed by atoms with van der Waals surface area (Å²) in [4.78, 5) is 24.7. The van der Waals surface area contributed by atoms with E-state index in [2.05, 4.69) is 15.0 Å². The Bertz CT molecular complexity index is 393. The topological polar surface area (TPSA) is 86.5 Å². The van der Waals surface area contributed by atoms with E-state index >= 15 is 0 Å². The van der Waals surface area contributed by atoms with Crippen molar-refractivity contribution >= 4 is 11.9 Å². The third-order valence-corrected chi connectivity index (χ3v) is 2.50. The van der Waals surface area contributed by atoms with Gasteiger partial charge >= 0.3 is 5.97 Å². The molecule has 0 aliphatic heterocycles. The molecule has 0 N–H and O–H groups in total. The van der Waals surface area contributed by atoms with Crippen molar-refractivity contribution in [3.63, 3.8) is 0 Å². The number of carbonyl (C=O) groups is 2. The number of carbonyl (C=O) groups excluding carboxylic acids is 2. The highest BCUT2D eigenvalue weighted by molar-refractivity contribution is 5.77. The summed E-state index contributed by atoms with van der Waals surface area (Å²) in [6.07, 6.45) is 3.26. The highest BCUT2D eigenvalue weighted by Gasteiger charge is 2.15. The zero-order valence-corrected chi connectivity index (χ0v) is 11.1. The average Bonchev–Trinajstić information content (AvgIpc) is 2.91. The number of amides is 1. The van der Waals surface area contributed by atoms with E-state index in [0.717, 1.165) is 0 Å². The predicted molar refractivity (Wildman–Crippen MR) is 65.1 cm³/mol. The number of aromatic nitrogens is 3. The van der Waals surface area contributed by atoms with Crippen LogP contribution in [-0.4, -0.2) is 65.7 Å². The molecule has 8 nitrogen and oxygen atoms in total. The number of esters is 1. The second-order valence-corrected chi connectivity index (χ2v) is 3.80. The van der Waals surface area contributed by atoms with Crippen LogP contribution in [0.2, 0.25) is 0 Å². The number of hydrogen-bond acceptors (Lipinski definition) is 6. The van der Waals surface area contributed by atoms with Crippen LogP contribution in [0.15, 0.2) is 12.4 Å². The van der Waals surface area contributed by atoms with E-state index < -0.39 is 0 Å². The summed E-state index contributed by atoms with van der Waals surface area (Å²) in [5.41, 5.74) is 0. The smallest absolute Gasteiger partial charge is 0.307 e. The number of methoxy groups -OCH3 is 2. The molecule has 19 heavy (non-hydrogen) atoms. The van der Waals surface area contributed by atoms with Gasteiger partial charge in [-0.05, 0) is 0 Å². The summed E-state index contributed by atoms with van der Waals surface area (Å²) < 4.78 is 10.9. The summed E-state index contributed by atoms with van der Waals surface area (Å²) in [6, 6.07) is 0. The lowest BCUT2D eigenvalue weighted by molar-refractivity contribution is -0.142. The molecule has 106 valence electrons. The molecular weight excluding hydrogens is 252 g/mol. The van der Waals surface area contributed by atoms with E-state index in [1.54, 1.807) is 18.2 Å². The molecule has 1 aromatic heterocycles. The minimum absolute atomic E-state index is 0.0882. The van der Waals surface area contributed by atoms with Crippen LogP contribution < -0.4 is 0 Å². The van der Waals surface area contributed by atoms with Crippen LogP contribution >= 0.6 is 0 Å². The zero-order valence-electron chi connectivity index (χ0n) is 11.1. The van der Waals surface area contributed by atoms with Crippen molar-refractivity contribution < 1.29 is 19.1 Å². The van der Waals surface area contributed by atoms with Gasteiger partial charge in [-0.3, -0.25) is 9.59 Å². The second-order valence-electron chi connectivity index (χ2n) is 3.80. The molecule has 0 aliphatic rings. The summed E-state index contributed by atoms with van der Waals surface area (Å²) >= 11 is 0. The summed E-state index contributed by atoms with van der Waals surface area (Å²) in [5.74, 6) is -0.498. The van der Waals surface area contributed by atoms with Crippen molar-refractivity contribution in [1.29, 1.82) is 0 Å². The molecule has 0 spiro atoms. The third-order valence-electron chi connectivity index (χ3n) is 2.50. The Labute approximate surface area is 111 Å². The van der Waals surface area contributed by atoms with Gasteiger partial charge in [0.05, 0.1) is 26.3 Å². The third kappa shape index (κ3) is 5.47. The van der Waals surface area contributed by atoms with E-state index in [9.17, 15) is 9.59 Å². The van der Waals surface area contributed by atoms with Gasteiger partial charge in [0.15, 0.2) is 0 Å². The van der Waals surface area contributed by atoms with Crippen molar-refractivity contribution in [2.24, 2.45) is 0 Å². The van der Waals surface area contributed by atoms with Crippen LogP contribution in [0.1, 0.15) is 6.42 Å². The monoisotopic (exact) mass is 270 g/mol. The largest absolute Gasteiger partial charge is 0.469 e. The van der Waals surface area contributed by atoms with Crippen LogP contribution in [0.4, 0.5) is 0 Å². The minimum Gasteiger partial charge on any atom is -0.469 e. The maximum Gasteiger partial charge on any atom is 0.307 e. The molecule has 0 unspecified atom stereocenters. The maximum atomic E-state index is 12.0. The Hall–Kier alpha value is -1.96. The highest BCUT2D eigenvalue weighted by Crippen LogP contribution is 1.97. The van der Waals surface area contributed by atoms with E-state index in [1.165, 1.54) is 18.0 Å². The predicted octanol–water partition coefficient (Wildman–Crippen LogP) is -0.684. The molecule has 0 saturated heterocycles. The van der Waals surface area contributed by atoms with Gasteiger partial charge in [-0.1, -0.05) is 5.21 Å². The maximum absolute atomic E-state index is 12.0. The first-order valence-electron chi connectivity index (χ1n) is 5.85. The molecule has 1 amide bonds. The fourth-order valence-corrected chi connectivity index (χ4v) is 1.45. The van der Waals surface area contributed by atoms with Gasteiger partial charge in [-0.25, -0.2) is 4.68 Å². The Morgan fingerprint density at radius 3 is 2.68 bits per heavy atom. The summed E-state index contributed by atoms with van der Waals surface area (Å²) in [7, 11) is 2.87. The van der Waals surface area contributed by atoms with Gasteiger partial charge in [0.1, 0.15) is 6.54 Å². The summed E-state index contributed by atoms with van der Waals surface area (Å²) in [5, 5.41) is 7.35. The average molecular weight is 270 g/mol. The Morgan fingerprint density at radius 2 is 2.11 bits per heavy atom. The lowest BCUT2D eigenvalue weighted by Crippen LogP contribution is -2.38. The fraction of sp³-hybridized carbons (Fsp3) is 0.636. The molecule has 0 atom stereocenters. The molecule has 0 fully saturated rings. The normalized spacial score (nSPS) is 10.2. The molecule has 1 aromatic rings. The van der Waals surface area contributed by atoms with Gasteiger partial charge in [-0.2, -0.15) is 0 Å². The van der Waals surface area contributed by atoms with Crippen LogP contribution in [0.5, 0.6) is 0 Å². The van der Waals surface area contributed by atoms with Crippen LogP contribution in [-0.2, 0) is 25.6 Å². The van der Waals surface area contributed by atoms with Gasteiger partial charge in [0.2, 0.25) is 5.91 Å². The van der Waals surface area contributed by atoms with Crippen molar-refractivity contribution in [3.8, 4) is 0 Å². The molecule has 0 aromatic carbocycles. The molecule has 8 heteroatoms. The molecular formula is C11H18N4O4. The standard InChI is InChI=1S/C11H18N4O4/c1-18-8-7-14(5-3-11(17)19-2)10(16)9-15-6-4-12-13-15/h4,6H,3,5,7-9H2,1-2H3. The quantitative estimate of drug-likeness (QED) is 0.581. The van der Waals surface area contributed by atoms with Crippen LogP contribution in [0, 0.1) is 0 Å². The number of ether oxygens (including phenoxy) is 2. The molecule has 1 rings (SSSR count). The fourth-order valence-electron chi connectivity index (χ4n) is 1.45. The van der Waals surface area contributed by atoms with Crippen molar-refractivity contribution in [1.82, 2.24) is 19.9 Å². The minimum atomic E-state index is -0.351.